The molecule has 4 heterocycles. The van der Waals surface area contributed by atoms with E-state index in [9.17, 15) is 13.2 Å². The Labute approximate surface area is 166 Å². The molecule has 1 aromatic rings. The highest BCUT2D eigenvalue weighted by atomic mass is 32.2. The second-order valence-electron chi connectivity index (χ2n) is 7.81. The quantitative estimate of drug-likeness (QED) is 0.751. The maximum absolute atomic E-state index is 13.3. The van der Waals surface area contributed by atoms with Crippen molar-refractivity contribution >= 4 is 15.9 Å². The van der Waals surface area contributed by atoms with Gasteiger partial charge in [0.2, 0.25) is 10.0 Å². The molecule has 28 heavy (non-hydrogen) atoms. The second-order valence-corrected chi connectivity index (χ2v) is 9.75. The third-order valence-electron chi connectivity index (χ3n) is 5.92. The van der Waals surface area contributed by atoms with Gasteiger partial charge >= 0.3 is 0 Å². The first-order valence-electron chi connectivity index (χ1n) is 10.2. The smallest absolute Gasteiger partial charge is 0.270 e. The minimum atomic E-state index is -3.56. The first-order chi connectivity index (χ1) is 13.5. The minimum Gasteiger partial charge on any atom is -0.348 e. The fraction of sp³-hybridized carbons (Fsp3) is 0.737. The normalized spacial score (nSPS) is 25.3. The molecule has 1 aromatic heterocycles. The molecule has 3 aliphatic heterocycles. The Morgan fingerprint density at radius 2 is 1.71 bits per heavy atom. The molecule has 0 aliphatic carbocycles. The number of carbonyl (C=O) groups is 1. The second kappa shape index (κ2) is 8.14. The Balaban J connectivity index is 1.57. The SMILES string of the molecule is Cn1cc(S(=O)(=O)N2CCCCC2)cc1C(=O)N1CCCCC1C1OCCO1. The fourth-order valence-corrected chi connectivity index (χ4v) is 5.97. The van der Waals surface area contributed by atoms with Crippen molar-refractivity contribution in [1.29, 1.82) is 0 Å². The molecular weight excluding hydrogens is 382 g/mol. The lowest BCUT2D eigenvalue weighted by Gasteiger charge is -2.38. The van der Waals surface area contributed by atoms with E-state index in [1.165, 1.54) is 10.4 Å². The molecule has 0 saturated carbocycles. The van der Waals surface area contributed by atoms with Crippen LogP contribution in [0.5, 0.6) is 0 Å². The van der Waals surface area contributed by atoms with Crippen LogP contribution in [0.2, 0.25) is 0 Å². The number of piperidine rings is 2. The summed E-state index contributed by atoms with van der Waals surface area (Å²) in [5.41, 5.74) is 0.389. The number of rotatable bonds is 4. The van der Waals surface area contributed by atoms with Crippen LogP contribution in [0.15, 0.2) is 17.2 Å². The maximum atomic E-state index is 13.3. The summed E-state index contributed by atoms with van der Waals surface area (Å²) in [6.45, 7) is 2.82. The fourth-order valence-electron chi connectivity index (χ4n) is 4.38. The number of sulfonamides is 1. The van der Waals surface area contributed by atoms with Gasteiger partial charge in [-0.2, -0.15) is 4.31 Å². The molecule has 156 valence electrons. The molecular formula is C19H29N3O5S. The molecule has 0 spiro atoms. The highest BCUT2D eigenvalue weighted by Gasteiger charge is 2.38. The summed E-state index contributed by atoms with van der Waals surface area (Å²) in [7, 11) is -1.84. The van der Waals surface area contributed by atoms with Gasteiger partial charge in [-0.1, -0.05) is 6.42 Å². The van der Waals surface area contributed by atoms with Crippen LogP contribution in [0.3, 0.4) is 0 Å². The van der Waals surface area contributed by atoms with Gasteiger partial charge in [-0.3, -0.25) is 4.79 Å². The lowest BCUT2D eigenvalue weighted by molar-refractivity contribution is -0.100. The third kappa shape index (κ3) is 3.72. The van der Waals surface area contributed by atoms with Crippen LogP contribution in [0.25, 0.3) is 0 Å². The van der Waals surface area contributed by atoms with Crippen molar-refractivity contribution in [3.63, 3.8) is 0 Å². The van der Waals surface area contributed by atoms with Crippen molar-refractivity contribution in [3.05, 3.63) is 18.0 Å². The molecule has 1 amide bonds. The number of amides is 1. The zero-order chi connectivity index (χ0) is 19.7. The number of carbonyl (C=O) groups excluding carboxylic acids is 1. The Bertz CT molecular complexity index is 810. The molecule has 0 bridgehead atoms. The zero-order valence-electron chi connectivity index (χ0n) is 16.4. The van der Waals surface area contributed by atoms with E-state index in [2.05, 4.69) is 0 Å². The molecule has 3 fully saturated rings. The molecule has 4 rings (SSSR count). The van der Waals surface area contributed by atoms with Crippen LogP contribution in [-0.4, -0.2) is 73.3 Å². The third-order valence-corrected chi connectivity index (χ3v) is 7.79. The Morgan fingerprint density at radius 1 is 1.04 bits per heavy atom. The number of likely N-dealkylation sites (tertiary alicyclic amines) is 1. The van der Waals surface area contributed by atoms with Gasteiger partial charge in [-0.15, -0.1) is 0 Å². The molecule has 0 N–H and O–H groups in total. The summed E-state index contributed by atoms with van der Waals surface area (Å²) in [6, 6.07) is 1.40. The van der Waals surface area contributed by atoms with Gasteiger partial charge in [0.25, 0.3) is 5.91 Å². The van der Waals surface area contributed by atoms with Gasteiger partial charge < -0.3 is 18.9 Å². The van der Waals surface area contributed by atoms with E-state index in [1.54, 1.807) is 22.7 Å². The summed E-state index contributed by atoms with van der Waals surface area (Å²) in [6.07, 6.45) is 6.78. The molecule has 0 radical (unpaired) electrons. The number of ether oxygens (including phenoxy) is 2. The first-order valence-corrected chi connectivity index (χ1v) is 11.6. The first kappa shape index (κ1) is 19.9. The maximum Gasteiger partial charge on any atom is 0.270 e. The molecule has 1 atom stereocenters. The summed E-state index contributed by atoms with van der Waals surface area (Å²) in [5, 5.41) is 0. The van der Waals surface area contributed by atoms with Crippen LogP contribution in [0.4, 0.5) is 0 Å². The van der Waals surface area contributed by atoms with E-state index in [4.69, 9.17) is 9.47 Å². The Morgan fingerprint density at radius 3 is 2.43 bits per heavy atom. The molecule has 3 aliphatic rings. The van der Waals surface area contributed by atoms with E-state index >= 15 is 0 Å². The monoisotopic (exact) mass is 411 g/mol. The van der Waals surface area contributed by atoms with Crippen molar-refractivity contribution in [3.8, 4) is 0 Å². The van der Waals surface area contributed by atoms with Gasteiger partial charge in [0, 0.05) is 32.9 Å². The highest BCUT2D eigenvalue weighted by Crippen LogP contribution is 2.28. The van der Waals surface area contributed by atoms with Gasteiger partial charge in [0.05, 0.1) is 19.3 Å². The van der Waals surface area contributed by atoms with Crippen LogP contribution in [0, 0.1) is 0 Å². The van der Waals surface area contributed by atoms with E-state index in [0.29, 0.717) is 38.5 Å². The zero-order valence-corrected chi connectivity index (χ0v) is 17.2. The number of hydrogen-bond donors (Lipinski definition) is 0. The van der Waals surface area contributed by atoms with Crippen molar-refractivity contribution in [2.75, 3.05) is 32.8 Å². The molecule has 3 saturated heterocycles. The summed E-state index contributed by atoms with van der Waals surface area (Å²) in [5.74, 6) is -0.161. The average Bonchev–Trinajstić information content (AvgIpc) is 3.38. The van der Waals surface area contributed by atoms with Crippen molar-refractivity contribution in [2.24, 2.45) is 7.05 Å². The van der Waals surface area contributed by atoms with Gasteiger partial charge in [-0.25, -0.2) is 8.42 Å². The van der Waals surface area contributed by atoms with Crippen molar-refractivity contribution in [2.45, 2.75) is 55.8 Å². The van der Waals surface area contributed by atoms with E-state index in [0.717, 1.165) is 38.5 Å². The predicted molar refractivity (Wildman–Crippen MR) is 102 cm³/mol. The molecule has 8 nitrogen and oxygen atoms in total. The summed E-state index contributed by atoms with van der Waals surface area (Å²) in [4.78, 5) is 15.3. The highest BCUT2D eigenvalue weighted by molar-refractivity contribution is 7.89. The van der Waals surface area contributed by atoms with Crippen molar-refractivity contribution < 1.29 is 22.7 Å². The van der Waals surface area contributed by atoms with E-state index in [1.807, 2.05) is 0 Å². The minimum absolute atomic E-state index is 0.124. The van der Waals surface area contributed by atoms with E-state index in [-0.39, 0.29) is 23.1 Å². The number of aryl methyl sites for hydroxylation is 1. The van der Waals surface area contributed by atoms with Gasteiger partial charge in [-0.05, 0) is 38.2 Å². The Kier molecular flexibility index (Phi) is 5.78. The molecule has 9 heteroatoms. The van der Waals surface area contributed by atoms with Crippen LogP contribution in [0.1, 0.15) is 49.0 Å². The van der Waals surface area contributed by atoms with Crippen LogP contribution >= 0.6 is 0 Å². The lowest BCUT2D eigenvalue weighted by Crippen LogP contribution is -2.50. The summed E-state index contributed by atoms with van der Waals surface area (Å²) >= 11 is 0. The largest absolute Gasteiger partial charge is 0.348 e. The summed E-state index contributed by atoms with van der Waals surface area (Å²) < 4.78 is 40.4. The number of nitrogens with zero attached hydrogens (tertiary/aromatic N) is 3. The average molecular weight is 412 g/mol. The number of aromatic nitrogens is 1. The van der Waals surface area contributed by atoms with E-state index < -0.39 is 10.0 Å². The topological polar surface area (TPSA) is 81.1 Å². The van der Waals surface area contributed by atoms with Crippen LogP contribution in [-0.2, 0) is 26.5 Å². The molecule has 0 aromatic carbocycles. The van der Waals surface area contributed by atoms with Gasteiger partial charge in [0.15, 0.2) is 6.29 Å². The van der Waals surface area contributed by atoms with Gasteiger partial charge in [0.1, 0.15) is 10.6 Å². The Hall–Kier alpha value is -1.42. The lowest BCUT2D eigenvalue weighted by atomic mass is 10.0. The predicted octanol–water partition coefficient (Wildman–Crippen LogP) is 1.57. The van der Waals surface area contributed by atoms with Crippen molar-refractivity contribution in [1.82, 2.24) is 13.8 Å². The molecule has 1 unspecified atom stereocenters. The van der Waals surface area contributed by atoms with Crippen LogP contribution < -0.4 is 0 Å². The number of hydrogen-bond acceptors (Lipinski definition) is 5. The standard InChI is InChI=1S/C19H29N3O5S/c1-20-14-15(28(24,25)21-8-4-2-5-9-21)13-17(20)18(23)22-10-6-3-7-16(22)19-26-11-12-27-19/h13-14,16,19H,2-12H2,1H3.